The highest BCUT2D eigenvalue weighted by molar-refractivity contribution is 8.00. The van der Waals surface area contributed by atoms with Gasteiger partial charge in [0.1, 0.15) is 5.15 Å². The Morgan fingerprint density at radius 3 is 2.95 bits per heavy atom. The summed E-state index contributed by atoms with van der Waals surface area (Å²) in [5.74, 6) is -0.0877. The summed E-state index contributed by atoms with van der Waals surface area (Å²) in [5, 5.41) is 0.734. The van der Waals surface area contributed by atoms with Crippen molar-refractivity contribution in [3.63, 3.8) is 0 Å². The Kier molecular flexibility index (Phi) is 4.17. The van der Waals surface area contributed by atoms with E-state index >= 15 is 0 Å². The monoisotopic (exact) mass is 318 g/mol. The van der Waals surface area contributed by atoms with Crippen LogP contribution < -0.4 is 4.90 Å². The largest absolute Gasteiger partial charge is 0.307 e. The number of hydrogen-bond donors (Lipinski definition) is 0. The van der Waals surface area contributed by atoms with Crippen molar-refractivity contribution in [1.82, 2.24) is 4.98 Å². The third kappa shape index (κ3) is 2.92. The predicted molar refractivity (Wildman–Crippen MR) is 87.3 cm³/mol. The number of fused-ring (bicyclic) bond motifs is 1. The number of carbonyl (C=O) groups is 1. The summed E-state index contributed by atoms with van der Waals surface area (Å²) in [6.07, 6.45) is 2.54. The SMILES string of the molecule is CC1CCN(C(=O)c2cccnc2Cl)c2ccccc2S1. The van der Waals surface area contributed by atoms with Crippen LogP contribution in [0.4, 0.5) is 5.69 Å². The second-order valence-corrected chi connectivity index (χ2v) is 6.82. The van der Waals surface area contributed by atoms with Crippen molar-refractivity contribution >= 4 is 35.0 Å². The molecule has 1 aromatic carbocycles. The molecule has 1 aliphatic heterocycles. The maximum absolute atomic E-state index is 12.8. The van der Waals surface area contributed by atoms with E-state index in [1.807, 2.05) is 34.9 Å². The number of pyridine rings is 1. The molecule has 2 heterocycles. The van der Waals surface area contributed by atoms with E-state index in [2.05, 4.69) is 18.0 Å². The summed E-state index contributed by atoms with van der Waals surface area (Å²) in [7, 11) is 0. The highest BCUT2D eigenvalue weighted by Gasteiger charge is 2.26. The zero-order valence-corrected chi connectivity index (χ0v) is 13.2. The Hall–Kier alpha value is -1.52. The molecular formula is C16H15ClN2OS. The molecule has 0 saturated heterocycles. The Morgan fingerprint density at radius 2 is 2.14 bits per heavy atom. The van der Waals surface area contributed by atoms with Crippen LogP contribution in [0.1, 0.15) is 23.7 Å². The van der Waals surface area contributed by atoms with Crippen LogP contribution in [0.25, 0.3) is 0 Å². The lowest BCUT2D eigenvalue weighted by atomic mass is 10.2. The van der Waals surface area contributed by atoms with Gasteiger partial charge in [-0.1, -0.05) is 30.7 Å². The summed E-state index contributed by atoms with van der Waals surface area (Å²) in [6, 6.07) is 11.5. The fourth-order valence-corrected chi connectivity index (χ4v) is 3.70. The standard InChI is InChI=1S/C16H15ClN2OS/c1-11-8-10-19(13-6-2-3-7-14(13)21-11)16(20)12-5-4-9-18-15(12)17/h2-7,9,11H,8,10H2,1H3. The minimum Gasteiger partial charge on any atom is -0.307 e. The van der Waals surface area contributed by atoms with Crippen molar-refractivity contribution < 1.29 is 4.79 Å². The minimum absolute atomic E-state index is 0.0877. The van der Waals surface area contributed by atoms with Gasteiger partial charge < -0.3 is 4.90 Å². The van der Waals surface area contributed by atoms with Gasteiger partial charge in [0.15, 0.2) is 0 Å². The van der Waals surface area contributed by atoms with Gasteiger partial charge in [-0.2, -0.15) is 0 Å². The molecule has 1 atom stereocenters. The van der Waals surface area contributed by atoms with E-state index in [0.29, 0.717) is 17.4 Å². The number of rotatable bonds is 1. The second kappa shape index (κ2) is 6.08. The van der Waals surface area contributed by atoms with E-state index in [1.54, 1.807) is 18.3 Å². The number of halogens is 1. The van der Waals surface area contributed by atoms with Gasteiger partial charge in [0, 0.05) is 22.9 Å². The first-order valence-corrected chi connectivity index (χ1v) is 8.10. The zero-order valence-electron chi connectivity index (χ0n) is 11.6. The molecule has 0 radical (unpaired) electrons. The summed E-state index contributed by atoms with van der Waals surface area (Å²) in [4.78, 5) is 19.8. The number of nitrogens with zero attached hydrogens (tertiary/aromatic N) is 2. The average Bonchev–Trinajstić information content (AvgIpc) is 2.65. The summed E-state index contributed by atoms with van der Waals surface area (Å²) in [6.45, 7) is 2.88. The van der Waals surface area contributed by atoms with Gasteiger partial charge in [0.2, 0.25) is 0 Å². The van der Waals surface area contributed by atoms with Crippen LogP contribution >= 0.6 is 23.4 Å². The molecule has 0 saturated carbocycles. The first-order chi connectivity index (χ1) is 10.2. The fraction of sp³-hybridized carbons (Fsp3) is 0.250. The van der Waals surface area contributed by atoms with Gasteiger partial charge in [0.25, 0.3) is 5.91 Å². The Labute approximate surface area is 133 Å². The molecule has 5 heteroatoms. The molecule has 2 aromatic rings. The second-order valence-electron chi connectivity index (χ2n) is 4.98. The molecule has 1 aromatic heterocycles. The molecule has 1 unspecified atom stereocenters. The number of carbonyl (C=O) groups excluding carboxylic acids is 1. The number of benzene rings is 1. The minimum atomic E-state index is -0.0877. The third-order valence-corrected chi connectivity index (χ3v) is 5.02. The van der Waals surface area contributed by atoms with Crippen LogP contribution in [-0.2, 0) is 0 Å². The lowest BCUT2D eigenvalue weighted by Gasteiger charge is -2.22. The summed E-state index contributed by atoms with van der Waals surface area (Å²) >= 11 is 7.88. The van der Waals surface area contributed by atoms with E-state index in [1.165, 1.54) is 0 Å². The van der Waals surface area contributed by atoms with Crippen LogP contribution in [-0.4, -0.2) is 22.7 Å². The summed E-state index contributed by atoms with van der Waals surface area (Å²) in [5.41, 5.74) is 1.41. The quantitative estimate of drug-likeness (QED) is 0.736. The van der Waals surface area contributed by atoms with Crippen molar-refractivity contribution in [2.24, 2.45) is 0 Å². The summed E-state index contributed by atoms with van der Waals surface area (Å²) < 4.78 is 0. The molecule has 0 bridgehead atoms. The predicted octanol–water partition coefficient (Wildman–Crippen LogP) is 4.27. The molecular weight excluding hydrogens is 304 g/mol. The molecule has 108 valence electrons. The number of para-hydroxylation sites is 1. The van der Waals surface area contributed by atoms with Crippen molar-refractivity contribution in [1.29, 1.82) is 0 Å². The van der Waals surface area contributed by atoms with Crippen molar-refractivity contribution in [3.8, 4) is 0 Å². The van der Waals surface area contributed by atoms with Crippen LogP contribution in [0.2, 0.25) is 5.15 Å². The zero-order chi connectivity index (χ0) is 14.8. The number of anilines is 1. The van der Waals surface area contributed by atoms with E-state index in [9.17, 15) is 4.79 Å². The lowest BCUT2D eigenvalue weighted by molar-refractivity contribution is 0.0986. The Bertz CT molecular complexity index is 677. The van der Waals surface area contributed by atoms with Crippen LogP contribution in [0.3, 0.4) is 0 Å². The van der Waals surface area contributed by atoms with Gasteiger partial charge in [0.05, 0.1) is 11.3 Å². The Balaban J connectivity index is 2.02. The lowest BCUT2D eigenvalue weighted by Crippen LogP contribution is -2.32. The fourth-order valence-electron chi connectivity index (χ4n) is 2.39. The van der Waals surface area contributed by atoms with Crippen LogP contribution in [0.5, 0.6) is 0 Å². The number of amides is 1. The van der Waals surface area contributed by atoms with E-state index in [4.69, 9.17) is 11.6 Å². The Morgan fingerprint density at radius 1 is 1.33 bits per heavy atom. The first-order valence-electron chi connectivity index (χ1n) is 6.85. The molecule has 0 spiro atoms. The smallest absolute Gasteiger partial charge is 0.261 e. The highest BCUT2D eigenvalue weighted by Crippen LogP contribution is 2.38. The van der Waals surface area contributed by atoms with Gasteiger partial charge in [-0.25, -0.2) is 4.98 Å². The number of hydrogen-bond acceptors (Lipinski definition) is 3. The maximum Gasteiger partial charge on any atom is 0.261 e. The third-order valence-electron chi connectivity index (χ3n) is 3.48. The van der Waals surface area contributed by atoms with Crippen molar-refractivity contribution in [2.45, 2.75) is 23.5 Å². The van der Waals surface area contributed by atoms with E-state index in [0.717, 1.165) is 17.0 Å². The van der Waals surface area contributed by atoms with Crippen molar-refractivity contribution in [3.05, 3.63) is 53.3 Å². The number of thioether (sulfide) groups is 1. The van der Waals surface area contributed by atoms with Gasteiger partial charge in [-0.05, 0) is 30.7 Å². The molecule has 3 nitrogen and oxygen atoms in total. The highest BCUT2D eigenvalue weighted by atomic mass is 35.5. The topological polar surface area (TPSA) is 33.2 Å². The molecule has 0 aliphatic carbocycles. The van der Waals surface area contributed by atoms with Gasteiger partial charge in [-0.15, -0.1) is 11.8 Å². The van der Waals surface area contributed by atoms with Crippen LogP contribution in [0.15, 0.2) is 47.5 Å². The van der Waals surface area contributed by atoms with Crippen molar-refractivity contribution in [2.75, 3.05) is 11.4 Å². The molecule has 1 aliphatic rings. The molecule has 3 rings (SSSR count). The normalized spacial score (nSPS) is 18.0. The molecule has 1 amide bonds. The molecule has 21 heavy (non-hydrogen) atoms. The number of aromatic nitrogens is 1. The maximum atomic E-state index is 12.8. The first kappa shape index (κ1) is 14.4. The van der Waals surface area contributed by atoms with Gasteiger partial charge >= 0.3 is 0 Å². The van der Waals surface area contributed by atoms with E-state index < -0.39 is 0 Å². The van der Waals surface area contributed by atoms with Gasteiger partial charge in [-0.3, -0.25) is 4.79 Å². The molecule has 0 fully saturated rings. The van der Waals surface area contributed by atoms with E-state index in [-0.39, 0.29) is 11.1 Å². The average molecular weight is 319 g/mol. The molecule has 0 N–H and O–H groups in total. The van der Waals surface area contributed by atoms with Crippen LogP contribution in [0, 0.1) is 0 Å².